The third-order valence-electron chi connectivity index (χ3n) is 9.46. The van der Waals surface area contributed by atoms with E-state index >= 15 is 0 Å². The van der Waals surface area contributed by atoms with E-state index < -0.39 is 57.6 Å². The minimum absolute atomic E-state index is 0.141. The van der Waals surface area contributed by atoms with Crippen molar-refractivity contribution in [3.8, 4) is 0 Å². The Morgan fingerprint density at radius 1 is 0.564 bits per heavy atom. The molecule has 0 spiro atoms. The average Bonchev–Trinajstić information content (AvgIpc) is 3.16. The fourth-order valence-electron chi connectivity index (χ4n) is 6.01. The molecule has 0 aromatic carbocycles. The normalized spacial score (nSPS) is 14.0. The number of hydrogen-bond acceptors (Lipinski definition) is 8. The Morgan fingerprint density at radius 2 is 0.945 bits per heavy atom. The number of aliphatic hydroxyl groups excluding tert-OH is 1. The van der Waals surface area contributed by atoms with Crippen LogP contribution in [0.15, 0.2) is 24.3 Å². The maximum Gasteiger partial charge on any atom is 0.472 e. The summed E-state index contributed by atoms with van der Waals surface area (Å²) in [7, 11) is -4.75. The van der Waals surface area contributed by atoms with Gasteiger partial charge >= 0.3 is 19.8 Å². The first-order chi connectivity index (χ1) is 26.6. The average molecular weight is 802 g/mol. The molecule has 3 unspecified atom stereocenters. The molecule has 12 heteroatoms. The zero-order valence-electron chi connectivity index (χ0n) is 34.7. The van der Waals surface area contributed by atoms with Gasteiger partial charge in [-0.15, -0.1) is 0 Å². The summed E-state index contributed by atoms with van der Waals surface area (Å²) in [4.78, 5) is 45.9. The lowest BCUT2D eigenvalue weighted by atomic mass is 10.1. The number of phosphoric ester groups is 1. The van der Waals surface area contributed by atoms with E-state index in [1.165, 1.54) is 89.9 Å². The highest BCUT2D eigenvalue weighted by molar-refractivity contribution is 7.47. The van der Waals surface area contributed by atoms with Gasteiger partial charge < -0.3 is 25.2 Å². The molecule has 11 nitrogen and oxygen atoms in total. The lowest BCUT2D eigenvalue weighted by Crippen LogP contribution is -2.43. The van der Waals surface area contributed by atoms with Crippen molar-refractivity contribution in [3.05, 3.63) is 24.3 Å². The maximum atomic E-state index is 12.3. The number of rotatable bonds is 41. The molecule has 322 valence electrons. The first kappa shape index (κ1) is 53.0. The Labute approximate surface area is 334 Å². The summed E-state index contributed by atoms with van der Waals surface area (Å²) in [5.41, 5.74) is 0. The smallest absolute Gasteiger partial charge is 0.472 e. The van der Waals surface area contributed by atoms with E-state index in [1.54, 1.807) is 0 Å². The first-order valence-electron chi connectivity index (χ1n) is 21.9. The van der Waals surface area contributed by atoms with Crippen LogP contribution in [0.1, 0.15) is 200 Å². The van der Waals surface area contributed by atoms with Gasteiger partial charge in [-0.05, 0) is 64.2 Å². The van der Waals surface area contributed by atoms with Crippen LogP contribution in [-0.4, -0.2) is 64.9 Å². The summed E-state index contributed by atoms with van der Waals surface area (Å²) in [5.74, 6) is -2.38. The van der Waals surface area contributed by atoms with Crippen molar-refractivity contribution in [2.24, 2.45) is 0 Å². The van der Waals surface area contributed by atoms with E-state index in [2.05, 4.69) is 43.5 Å². The Morgan fingerprint density at radius 3 is 1.38 bits per heavy atom. The molecule has 3 atom stereocenters. The zero-order chi connectivity index (χ0) is 40.7. The van der Waals surface area contributed by atoms with E-state index in [0.29, 0.717) is 12.8 Å². The van der Waals surface area contributed by atoms with Crippen molar-refractivity contribution in [2.45, 2.75) is 212 Å². The van der Waals surface area contributed by atoms with Crippen LogP contribution in [0.3, 0.4) is 0 Å². The number of hydrogen-bond donors (Lipinski definition) is 4. The lowest BCUT2D eigenvalue weighted by Gasteiger charge is -2.18. The molecule has 0 aromatic heterocycles. The third kappa shape index (κ3) is 38.6. The quantitative estimate of drug-likeness (QED) is 0.0202. The number of aliphatic carboxylic acids is 1. The van der Waals surface area contributed by atoms with Crippen molar-refractivity contribution in [3.63, 3.8) is 0 Å². The van der Waals surface area contributed by atoms with Gasteiger partial charge in [-0.1, -0.05) is 147 Å². The SMILES string of the molecule is CCCCCCC/C=C\CCCCCCCC(=O)OCC(O)COP(=O)(O)OCC(NC(=O)CCCCCCCCC/C=C\CCCCCCCC)C(=O)O. The molecule has 0 heterocycles. The highest BCUT2D eigenvalue weighted by Crippen LogP contribution is 2.43. The van der Waals surface area contributed by atoms with E-state index in [0.717, 1.165) is 70.6 Å². The van der Waals surface area contributed by atoms with Crippen molar-refractivity contribution < 1.29 is 47.8 Å². The summed E-state index contributed by atoms with van der Waals surface area (Å²) in [6.45, 7) is 2.57. The van der Waals surface area contributed by atoms with Crippen molar-refractivity contribution in [2.75, 3.05) is 19.8 Å². The number of carboxylic acids is 1. The Kier molecular flexibility index (Phi) is 37.4. The molecular formula is C43H80NO10P. The Hall–Kier alpha value is -2.04. The Balaban J connectivity index is 3.92. The molecule has 0 saturated heterocycles. The summed E-state index contributed by atoms with van der Waals surface area (Å²) in [5, 5.41) is 21.8. The molecule has 0 radical (unpaired) electrons. The molecule has 0 saturated carbocycles. The number of esters is 1. The number of nitrogens with one attached hydrogen (secondary N) is 1. The zero-order valence-corrected chi connectivity index (χ0v) is 35.6. The molecule has 4 N–H and O–H groups in total. The number of unbranched alkanes of at least 4 members (excludes halogenated alkanes) is 23. The van der Waals surface area contributed by atoms with E-state index in [9.17, 15) is 34.1 Å². The van der Waals surface area contributed by atoms with Gasteiger partial charge in [-0.2, -0.15) is 0 Å². The highest BCUT2D eigenvalue weighted by atomic mass is 31.2. The molecule has 0 aliphatic heterocycles. The summed E-state index contributed by atoms with van der Waals surface area (Å²) >= 11 is 0. The van der Waals surface area contributed by atoms with E-state index in [-0.39, 0.29) is 12.8 Å². The van der Waals surface area contributed by atoms with Crippen LogP contribution in [0, 0.1) is 0 Å². The first-order valence-corrected chi connectivity index (χ1v) is 23.4. The van der Waals surface area contributed by atoms with E-state index in [1.807, 2.05) is 0 Å². The fraction of sp³-hybridized carbons (Fsp3) is 0.837. The summed E-state index contributed by atoms with van der Waals surface area (Å²) in [6.07, 6.45) is 39.1. The van der Waals surface area contributed by atoms with Crippen LogP contribution < -0.4 is 5.32 Å². The molecule has 55 heavy (non-hydrogen) atoms. The number of aliphatic hydroxyl groups is 1. The molecule has 0 bridgehead atoms. The van der Waals surface area contributed by atoms with Crippen LogP contribution >= 0.6 is 7.82 Å². The standard InChI is InChI=1S/C43H80NO10P/c1-3-5-7-9-11-13-15-17-19-20-21-22-24-26-28-30-32-34-41(46)44-40(43(48)49)38-54-55(50,51)53-37-39(45)36-52-42(47)35-33-31-29-27-25-23-18-16-14-12-10-8-6-4-2/h16-19,39-40,45H,3-15,20-38H2,1-2H3,(H,44,46)(H,48,49)(H,50,51)/b18-16-,19-17-. The number of carboxylic acid groups (broad SMARTS) is 1. The van der Waals surface area contributed by atoms with Crippen LogP contribution in [0.4, 0.5) is 0 Å². The van der Waals surface area contributed by atoms with Crippen molar-refractivity contribution in [1.82, 2.24) is 5.32 Å². The van der Waals surface area contributed by atoms with Crippen LogP contribution in [-0.2, 0) is 32.7 Å². The van der Waals surface area contributed by atoms with Crippen molar-refractivity contribution in [1.29, 1.82) is 0 Å². The van der Waals surface area contributed by atoms with Gasteiger partial charge in [0.25, 0.3) is 0 Å². The minimum atomic E-state index is -4.75. The van der Waals surface area contributed by atoms with Crippen LogP contribution in [0.5, 0.6) is 0 Å². The van der Waals surface area contributed by atoms with Crippen molar-refractivity contribution >= 4 is 25.7 Å². The fourth-order valence-corrected chi connectivity index (χ4v) is 6.78. The lowest BCUT2D eigenvalue weighted by molar-refractivity contribution is -0.147. The Bertz CT molecular complexity index is 1040. The largest absolute Gasteiger partial charge is 0.480 e. The number of phosphoric acid groups is 1. The molecular weight excluding hydrogens is 721 g/mol. The summed E-state index contributed by atoms with van der Waals surface area (Å²) in [6, 6.07) is -1.55. The summed E-state index contributed by atoms with van der Waals surface area (Å²) < 4.78 is 26.8. The second-order valence-corrected chi connectivity index (χ2v) is 16.3. The van der Waals surface area contributed by atoms with E-state index in [4.69, 9.17) is 13.8 Å². The molecule has 1 amide bonds. The highest BCUT2D eigenvalue weighted by Gasteiger charge is 2.28. The number of carbonyl (C=O) groups excluding carboxylic acids is 2. The number of allylic oxidation sites excluding steroid dienone is 4. The molecule has 0 aliphatic rings. The van der Waals surface area contributed by atoms with Gasteiger partial charge in [0.1, 0.15) is 12.7 Å². The van der Waals surface area contributed by atoms with Gasteiger partial charge in [0, 0.05) is 12.8 Å². The topological polar surface area (TPSA) is 169 Å². The second-order valence-electron chi connectivity index (χ2n) is 14.9. The van der Waals surface area contributed by atoms with Gasteiger partial charge in [-0.3, -0.25) is 18.6 Å². The molecule has 0 fully saturated rings. The van der Waals surface area contributed by atoms with Crippen LogP contribution in [0.2, 0.25) is 0 Å². The van der Waals surface area contributed by atoms with Gasteiger partial charge in [-0.25, -0.2) is 9.36 Å². The number of carbonyl (C=O) groups is 3. The second kappa shape index (κ2) is 38.8. The minimum Gasteiger partial charge on any atom is -0.480 e. The third-order valence-corrected chi connectivity index (χ3v) is 10.4. The van der Waals surface area contributed by atoms with Crippen LogP contribution in [0.25, 0.3) is 0 Å². The number of amides is 1. The van der Waals surface area contributed by atoms with Gasteiger partial charge in [0.15, 0.2) is 6.04 Å². The number of ether oxygens (including phenoxy) is 1. The monoisotopic (exact) mass is 802 g/mol. The van der Waals surface area contributed by atoms with Gasteiger partial charge in [0.2, 0.25) is 5.91 Å². The predicted octanol–water partition coefficient (Wildman–Crippen LogP) is 11.1. The maximum absolute atomic E-state index is 12.3. The van der Waals surface area contributed by atoms with Gasteiger partial charge in [0.05, 0.1) is 13.2 Å². The molecule has 0 aromatic rings. The molecule has 0 aliphatic carbocycles. The molecule has 0 rings (SSSR count). The predicted molar refractivity (Wildman–Crippen MR) is 222 cm³/mol.